The summed E-state index contributed by atoms with van der Waals surface area (Å²) in [5, 5.41) is 2.40. The number of thioether (sulfide) groups is 1. The molecule has 1 fully saturated rings. The van der Waals surface area contributed by atoms with E-state index >= 15 is 0 Å². The van der Waals surface area contributed by atoms with Crippen LogP contribution in [0.2, 0.25) is 5.02 Å². The molecule has 1 N–H and O–H groups in total. The van der Waals surface area contributed by atoms with Crippen LogP contribution in [0.15, 0.2) is 45.8 Å². The van der Waals surface area contributed by atoms with E-state index in [1.807, 2.05) is 6.92 Å². The van der Waals surface area contributed by atoms with E-state index in [1.165, 1.54) is 0 Å². The van der Waals surface area contributed by atoms with Crippen molar-refractivity contribution in [1.82, 2.24) is 4.90 Å². The Bertz CT molecular complexity index is 1180. The lowest BCUT2D eigenvalue weighted by Crippen LogP contribution is -2.36. The maximum atomic E-state index is 12.8. The van der Waals surface area contributed by atoms with E-state index in [-0.39, 0.29) is 11.5 Å². The zero-order chi connectivity index (χ0) is 24.0. The molecule has 0 aromatic heterocycles. The fraction of sp³-hybridized carbons (Fsp3) is 0.174. The highest BCUT2D eigenvalue weighted by Crippen LogP contribution is 2.38. The normalized spacial score (nSPS) is 14.4. The number of benzene rings is 2. The summed E-state index contributed by atoms with van der Waals surface area (Å²) >= 11 is 10.2. The molecule has 0 saturated carbocycles. The van der Waals surface area contributed by atoms with E-state index in [0.717, 1.165) is 16.7 Å². The molecule has 2 aromatic rings. The van der Waals surface area contributed by atoms with Gasteiger partial charge in [-0.05, 0) is 54.6 Å². The minimum Gasteiger partial charge on any atom is -0.490 e. The van der Waals surface area contributed by atoms with E-state index in [4.69, 9.17) is 27.5 Å². The molecule has 2 aromatic carbocycles. The molecule has 0 radical (unpaired) electrons. The summed E-state index contributed by atoms with van der Waals surface area (Å²) in [7, 11) is 0. The predicted molar refractivity (Wildman–Crippen MR) is 132 cm³/mol. The number of para-hydroxylation sites is 1. The Morgan fingerprint density at radius 2 is 2.00 bits per heavy atom. The van der Waals surface area contributed by atoms with Gasteiger partial charge in [-0.3, -0.25) is 19.3 Å². The zero-order valence-corrected chi connectivity index (χ0v) is 20.6. The maximum absolute atomic E-state index is 12.8. The lowest BCUT2D eigenvalue weighted by molar-refractivity contribution is -0.127. The van der Waals surface area contributed by atoms with E-state index in [9.17, 15) is 14.4 Å². The lowest BCUT2D eigenvalue weighted by Gasteiger charge is -2.13. The predicted octanol–water partition coefficient (Wildman–Crippen LogP) is 5.19. The molecule has 0 atom stereocenters. The van der Waals surface area contributed by atoms with Gasteiger partial charge in [0.15, 0.2) is 11.5 Å². The molecule has 0 spiro atoms. The first kappa shape index (κ1) is 24.7. The number of imide groups is 1. The van der Waals surface area contributed by atoms with Crippen molar-refractivity contribution in [3.8, 4) is 23.8 Å². The molecule has 170 valence electrons. The van der Waals surface area contributed by atoms with Crippen molar-refractivity contribution in [1.29, 1.82) is 0 Å². The van der Waals surface area contributed by atoms with Crippen molar-refractivity contribution in [3.63, 3.8) is 0 Å². The summed E-state index contributed by atoms with van der Waals surface area (Å²) in [6, 6.07) is 10.0. The van der Waals surface area contributed by atoms with Gasteiger partial charge in [0.25, 0.3) is 11.1 Å². The largest absolute Gasteiger partial charge is 0.490 e. The number of hydrogen-bond acceptors (Lipinski definition) is 6. The van der Waals surface area contributed by atoms with Crippen molar-refractivity contribution in [2.75, 3.05) is 25.1 Å². The van der Waals surface area contributed by atoms with Crippen LogP contribution < -0.4 is 14.8 Å². The molecular formula is C23H18BrClN2O5S. The molecule has 1 aliphatic heterocycles. The molecule has 1 heterocycles. The van der Waals surface area contributed by atoms with Crippen molar-refractivity contribution >= 4 is 68.1 Å². The summed E-state index contributed by atoms with van der Waals surface area (Å²) in [6.45, 7) is 1.86. The number of terminal acetylenes is 1. The number of nitrogens with one attached hydrogen (secondary N) is 1. The monoisotopic (exact) mass is 548 g/mol. The van der Waals surface area contributed by atoms with Gasteiger partial charge in [0.2, 0.25) is 5.91 Å². The van der Waals surface area contributed by atoms with E-state index in [1.54, 1.807) is 42.5 Å². The zero-order valence-electron chi connectivity index (χ0n) is 17.4. The lowest BCUT2D eigenvalue weighted by atomic mass is 10.2. The van der Waals surface area contributed by atoms with Crippen molar-refractivity contribution in [2.45, 2.75) is 6.92 Å². The van der Waals surface area contributed by atoms with Crippen LogP contribution in [0.25, 0.3) is 6.08 Å². The smallest absolute Gasteiger partial charge is 0.294 e. The topological polar surface area (TPSA) is 84.9 Å². The van der Waals surface area contributed by atoms with Gasteiger partial charge in [0.05, 0.1) is 22.2 Å². The number of anilines is 1. The minimum absolute atomic E-state index is 0.0704. The summed E-state index contributed by atoms with van der Waals surface area (Å²) in [5.74, 6) is 2.17. The number of rotatable bonds is 8. The Morgan fingerprint density at radius 1 is 1.27 bits per heavy atom. The van der Waals surface area contributed by atoms with Crippen molar-refractivity contribution < 1.29 is 23.9 Å². The highest BCUT2D eigenvalue weighted by molar-refractivity contribution is 9.10. The van der Waals surface area contributed by atoms with Gasteiger partial charge in [-0.2, -0.15) is 0 Å². The van der Waals surface area contributed by atoms with Crippen molar-refractivity contribution in [3.05, 3.63) is 56.4 Å². The van der Waals surface area contributed by atoms with Crippen LogP contribution in [0.4, 0.5) is 10.5 Å². The van der Waals surface area contributed by atoms with E-state index < -0.39 is 23.6 Å². The summed E-state index contributed by atoms with van der Waals surface area (Å²) in [5.41, 5.74) is 0.990. The van der Waals surface area contributed by atoms with E-state index in [2.05, 4.69) is 27.2 Å². The summed E-state index contributed by atoms with van der Waals surface area (Å²) in [6.07, 6.45) is 6.80. The maximum Gasteiger partial charge on any atom is 0.294 e. The highest BCUT2D eigenvalue weighted by atomic mass is 79.9. The Balaban J connectivity index is 1.79. The fourth-order valence-electron chi connectivity index (χ4n) is 2.84. The number of halogens is 2. The molecule has 1 aliphatic rings. The first-order chi connectivity index (χ1) is 15.8. The summed E-state index contributed by atoms with van der Waals surface area (Å²) < 4.78 is 11.7. The average molecular weight is 550 g/mol. The molecule has 33 heavy (non-hydrogen) atoms. The number of carbonyl (C=O) groups excluding carboxylic acids is 3. The molecule has 0 bridgehead atoms. The Kier molecular flexibility index (Phi) is 8.44. The van der Waals surface area contributed by atoms with Gasteiger partial charge in [-0.1, -0.05) is 45.6 Å². The number of carbonyl (C=O) groups is 3. The third-order valence-electron chi connectivity index (χ3n) is 4.28. The first-order valence-corrected chi connectivity index (χ1v) is 11.6. The standard InChI is InChI=1S/C23H18BrClN2O5S/c1-3-9-32-19-12-15(24)14(10-18(19)31-4-2)11-20-22(29)27(23(30)33-20)13-21(28)26-17-8-6-5-7-16(17)25/h1,5-8,10-12H,4,9,13H2,2H3,(H,26,28)/b20-11+. The molecule has 0 unspecified atom stereocenters. The SMILES string of the molecule is C#CCOc1cc(Br)c(/C=C2/SC(=O)N(CC(=O)Nc3ccccc3Cl)C2=O)cc1OCC. The van der Waals surface area contributed by atoms with Crippen LogP contribution in [-0.2, 0) is 9.59 Å². The van der Waals surface area contributed by atoms with E-state index in [0.29, 0.717) is 38.9 Å². The summed E-state index contributed by atoms with van der Waals surface area (Å²) in [4.78, 5) is 38.7. The van der Waals surface area contributed by atoms with Crippen LogP contribution in [0.5, 0.6) is 11.5 Å². The van der Waals surface area contributed by atoms with Crippen LogP contribution in [-0.4, -0.2) is 41.7 Å². The van der Waals surface area contributed by atoms with Crippen LogP contribution in [0.1, 0.15) is 12.5 Å². The highest BCUT2D eigenvalue weighted by Gasteiger charge is 2.36. The number of nitrogens with zero attached hydrogens (tertiary/aromatic N) is 1. The molecule has 0 aliphatic carbocycles. The average Bonchev–Trinajstić information content (AvgIpc) is 3.04. The quantitative estimate of drug-likeness (QED) is 0.360. The van der Waals surface area contributed by atoms with Crippen molar-refractivity contribution in [2.24, 2.45) is 0 Å². The third kappa shape index (κ3) is 6.11. The molecule has 3 rings (SSSR count). The second-order valence-corrected chi connectivity index (χ2v) is 8.80. The van der Waals surface area contributed by atoms with Gasteiger partial charge in [0.1, 0.15) is 13.2 Å². The fourth-order valence-corrected chi connectivity index (χ4v) is 4.28. The molecule has 10 heteroatoms. The molecule has 3 amide bonds. The second kappa shape index (κ2) is 11.3. The molecule has 1 saturated heterocycles. The Labute approximate surface area is 208 Å². The third-order valence-corrected chi connectivity index (χ3v) is 6.21. The van der Waals surface area contributed by atoms with Crippen LogP contribution in [0.3, 0.4) is 0 Å². The molecular weight excluding hydrogens is 532 g/mol. The van der Waals surface area contributed by atoms with Gasteiger partial charge < -0.3 is 14.8 Å². The first-order valence-electron chi connectivity index (χ1n) is 9.66. The van der Waals surface area contributed by atoms with Gasteiger partial charge in [-0.15, -0.1) is 6.42 Å². The van der Waals surface area contributed by atoms with Crippen LogP contribution in [0, 0.1) is 12.3 Å². The number of ether oxygens (including phenoxy) is 2. The number of amides is 3. The molecule has 7 nitrogen and oxygen atoms in total. The van der Waals surface area contributed by atoms with Gasteiger partial charge in [-0.25, -0.2) is 0 Å². The Morgan fingerprint density at radius 3 is 2.70 bits per heavy atom. The van der Waals surface area contributed by atoms with Crippen LogP contribution >= 0.6 is 39.3 Å². The number of hydrogen-bond donors (Lipinski definition) is 1. The second-order valence-electron chi connectivity index (χ2n) is 6.54. The Hall–Kier alpha value is -2.93. The van der Waals surface area contributed by atoms with Gasteiger partial charge in [0, 0.05) is 4.47 Å². The minimum atomic E-state index is -0.572. The van der Waals surface area contributed by atoms with Gasteiger partial charge >= 0.3 is 0 Å².